The quantitative estimate of drug-likeness (QED) is 0.901. The Morgan fingerprint density at radius 3 is 2.83 bits per heavy atom. The lowest BCUT2D eigenvalue weighted by Gasteiger charge is -2.05. The minimum atomic E-state index is 0.269. The summed E-state index contributed by atoms with van der Waals surface area (Å²) in [5.41, 5.74) is 8.43. The van der Waals surface area contributed by atoms with E-state index in [9.17, 15) is 0 Å². The van der Waals surface area contributed by atoms with Gasteiger partial charge in [-0.2, -0.15) is 0 Å². The Morgan fingerprint density at radius 1 is 1.44 bits per heavy atom. The van der Waals surface area contributed by atoms with Crippen molar-refractivity contribution in [2.24, 2.45) is 5.73 Å². The van der Waals surface area contributed by atoms with E-state index >= 15 is 0 Å². The number of hydrogen-bond acceptors (Lipinski definition) is 3. The number of rotatable bonds is 5. The molecule has 0 saturated carbocycles. The van der Waals surface area contributed by atoms with Crippen molar-refractivity contribution < 1.29 is 0 Å². The first-order chi connectivity index (χ1) is 8.58. The van der Waals surface area contributed by atoms with Gasteiger partial charge in [-0.15, -0.1) is 11.3 Å². The molecule has 2 aromatic heterocycles. The van der Waals surface area contributed by atoms with Crippen molar-refractivity contribution in [2.75, 3.05) is 0 Å². The molecule has 98 valence electrons. The first-order valence-electron chi connectivity index (χ1n) is 6.41. The fourth-order valence-corrected chi connectivity index (χ4v) is 2.86. The SMILES string of the molecule is CCC(N)Cc1ccn(Cc2nc(C)c(C)s2)c1. The van der Waals surface area contributed by atoms with Crippen LogP contribution >= 0.6 is 11.3 Å². The van der Waals surface area contributed by atoms with E-state index in [-0.39, 0.29) is 6.04 Å². The summed E-state index contributed by atoms with van der Waals surface area (Å²) in [4.78, 5) is 5.88. The molecule has 0 fully saturated rings. The molecule has 0 saturated heterocycles. The van der Waals surface area contributed by atoms with Crippen molar-refractivity contribution in [3.63, 3.8) is 0 Å². The second-order valence-electron chi connectivity index (χ2n) is 4.81. The fraction of sp³-hybridized carbons (Fsp3) is 0.500. The van der Waals surface area contributed by atoms with Crippen molar-refractivity contribution >= 4 is 11.3 Å². The highest BCUT2D eigenvalue weighted by atomic mass is 32.1. The Morgan fingerprint density at radius 2 is 2.22 bits per heavy atom. The Labute approximate surface area is 113 Å². The molecular formula is C14H21N3S. The van der Waals surface area contributed by atoms with Crippen LogP contribution in [0.25, 0.3) is 0 Å². The van der Waals surface area contributed by atoms with Gasteiger partial charge in [0.2, 0.25) is 0 Å². The van der Waals surface area contributed by atoms with E-state index in [0.717, 1.165) is 25.1 Å². The second-order valence-corrected chi connectivity index (χ2v) is 6.10. The van der Waals surface area contributed by atoms with Gasteiger partial charge in [-0.25, -0.2) is 4.98 Å². The summed E-state index contributed by atoms with van der Waals surface area (Å²) in [6.07, 6.45) is 6.28. The minimum Gasteiger partial charge on any atom is -0.347 e. The number of nitrogens with two attached hydrogens (primary N) is 1. The van der Waals surface area contributed by atoms with Gasteiger partial charge in [0.15, 0.2) is 0 Å². The zero-order valence-corrected chi connectivity index (χ0v) is 12.1. The molecule has 2 N–H and O–H groups in total. The lowest BCUT2D eigenvalue weighted by atomic mass is 10.1. The summed E-state index contributed by atoms with van der Waals surface area (Å²) in [6.45, 7) is 7.18. The molecule has 2 rings (SSSR count). The number of thiazole rings is 1. The summed E-state index contributed by atoms with van der Waals surface area (Å²) < 4.78 is 2.19. The zero-order valence-electron chi connectivity index (χ0n) is 11.3. The van der Waals surface area contributed by atoms with E-state index in [1.165, 1.54) is 15.4 Å². The van der Waals surface area contributed by atoms with E-state index < -0.39 is 0 Å². The van der Waals surface area contributed by atoms with E-state index in [0.29, 0.717) is 0 Å². The molecule has 0 radical (unpaired) electrons. The van der Waals surface area contributed by atoms with Gasteiger partial charge in [-0.3, -0.25) is 0 Å². The van der Waals surface area contributed by atoms with E-state index in [1.54, 1.807) is 11.3 Å². The normalized spacial score (nSPS) is 12.9. The third kappa shape index (κ3) is 3.21. The predicted octanol–water partition coefficient (Wildman–Crippen LogP) is 2.89. The first-order valence-corrected chi connectivity index (χ1v) is 7.23. The predicted molar refractivity (Wildman–Crippen MR) is 77.1 cm³/mol. The van der Waals surface area contributed by atoms with E-state index in [4.69, 9.17) is 5.73 Å². The van der Waals surface area contributed by atoms with Crippen molar-refractivity contribution in [1.29, 1.82) is 0 Å². The summed E-state index contributed by atoms with van der Waals surface area (Å²) >= 11 is 1.78. The molecule has 0 amide bonds. The highest BCUT2D eigenvalue weighted by Gasteiger charge is 2.06. The maximum atomic E-state index is 5.97. The smallest absolute Gasteiger partial charge is 0.113 e. The lowest BCUT2D eigenvalue weighted by molar-refractivity contribution is 0.645. The van der Waals surface area contributed by atoms with Gasteiger partial charge in [0.1, 0.15) is 5.01 Å². The topological polar surface area (TPSA) is 43.8 Å². The van der Waals surface area contributed by atoms with Crippen LogP contribution in [0.2, 0.25) is 0 Å². The first kappa shape index (κ1) is 13.3. The van der Waals surface area contributed by atoms with Crippen LogP contribution in [0, 0.1) is 13.8 Å². The van der Waals surface area contributed by atoms with E-state index in [2.05, 4.69) is 48.8 Å². The fourth-order valence-electron chi connectivity index (χ4n) is 1.92. The summed E-state index contributed by atoms with van der Waals surface area (Å²) in [5, 5.41) is 1.17. The van der Waals surface area contributed by atoms with Gasteiger partial charge in [-0.1, -0.05) is 6.92 Å². The van der Waals surface area contributed by atoms with Crippen LogP contribution < -0.4 is 5.73 Å². The molecule has 4 heteroatoms. The van der Waals surface area contributed by atoms with Gasteiger partial charge in [0, 0.05) is 23.3 Å². The van der Waals surface area contributed by atoms with Crippen LogP contribution in [0.15, 0.2) is 18.5 Å². The third-order valence-corrected chi connectivity index (χ3v) is 4.28. The molecule has 0 aromatic carbocycles. The molecule has 1 unspecified atom stereocenters. The maximum absolute atomic E-state index is 5.97. The third-order valence-electron chi connectivity index (χ3n) is 3.22. The van der Waals surface area contributed by atoms with Gasteiger partial charge in [0.25, 0.3) is 0 Å². The molecule has 1 atom stereocenters. The van der Waals surface area contributed by atoms with Crippen LogP contribution in [-0.4, -0.2) is 15.6 Å². The second kappa shape index (κ2) is 5.67. The Kier molecular flexibility index (Phi) is 4.19. The van der Waals surface area contributed by atoms with Crippen LogP contribution in [0.1, 0.15) is 34.5 Å². The van der Waals surface area contributed by atoms with Crippen LogP contribution in [0.5, 0.6) is 0 Å². The van der Waals surface area contributed by atoms with Crippen molar-refractivity contribution in [2.45, 2.75) is 46.2 Å². The highest BCUT2D eigenvalue weighted by molar-refractivity contribution is 7.11. The number of nitrogens with zero attached hydrogens (tertiary/aromatic N) is 2. The molecular weight excluding hydrogens is 242 g/mol. The van der Waals surface area contributed by atoms with Gasteiger partial charge in [-0.05, 0) is 38.3 Å². The van der Waals surface area contributed by atoms with Crippen LogP contribution in [0.4, 0.5) is 0 Å². The van der Waals surface area contributed by atoms with E-state index in [1.807, 2.05) is 0 Å². The van der Waals surface area contributed by atoms with Crippen LogP contribution in [-0.2, 0) is 13.0 Å². The Balaban J connectivity index is 2.02. The summed E-state index contributed by atoms with van der Waals surface area (Å²) in [6, 6.07) is 2.42. The molecule has 2 aromatic rings. The Bertz CT molecular complexity index is 493. The average molecular weight is 263 g/mol. The van der Waals surface area contributed by atoms with Crippen molar-refractivity contribution in [3.8, 4) is 0 Å². The number of aryl methyl sites for hydroxylation is 2. The Hall–Kier alpha value is -1.13. The largest absolute Gasteiger partial charge is 0.347 e. The highest BCUT2D eigenvalue weighted by Crippen LogP contribution is 2.18. The molecule has 0 aliphatic carbocycles. The number of aromatic nitrogens is 2. The molecule has 2 heterocycles. The molecule has 18 heavy (non-hydrogen) atoms. The molecule has 0 aliphatic heterocycles. The minimum absolute atomic E-state index is 0.269. The van der Waals surface area contributed by atoms with Gasteiger partial charge in [0.05, 0.1) is 12.2 Å². The van der Waals surface area contributed by atoms with Crippen molar-refractivity contribution in [1.82, 2.24) is 9.55 Å². The molecule has 0 spiro atoms. The molecule has 0 aliphatic rings. The monoisotopic (exact) mass is 263 g/mol. The standard InChI is InChI=1S/C14H21N3S/c1-4-13(15)7-12-5-6-17(8-12)9-14-16-10(2)11(3)18-14/h5-6,8,13H,4,7,9,15H2,1-3H3. The molecule has 0 bridgehead atoms. The van der Waals surface area contributed by atoms with Gasteiger partial charge < -0.3 is 10.3 Å². The number of hydrogen-bond donors (Lipinski definition) is 1. The maximum Gasteiger partial charge on any atom is 0.113 e. The zero-order chi connectivity index (χ0) is 13.1. The summed E-state index contributed by atoms with van der Waals surface area (Å²) in [7, 11) is 0. The van der Waals surface area contributed by atoms with Crippen molar-refractivity contribution in [3.05, 3.63) is 39.6 Å². The molecule has 3 nitrogen and oxygen atoms in total. The summed E-state index contributed by atoms with van der Waals surface area (Å²) in [5.74, 6) is 0. The van der Waals surface area contributed by atoms with Crippen LogP contribution in [0.3, 0.4) is 0 Å². The average Bonchev–Trinajstić information content (AvgIpc) is 2.87. The van der Waals surface area contributed by atoms with Gasteiger partial charge >= 0.3 is 0 Å². The lowest BCUT2D eigenvalue weighted by Crippen LogP contribution is -2.21.